The fourth-order valence-electron chi connectivity index (χ4n) is 2.74. The second kappa shape index (κ2) is 7.83. The number of benzene rings is 1. The molecule has 0 aliphatic rings. The van der Waals surface area contributed by atoms with Gasteiger partial charge in [0.25, 0.3) is 0 Å². The Labute approximate surface area is 146 Å². The van der Waals surface area contributed by atoms with Crippen molar-refractivity contribution in [3.63, 3.8) is 0 Å². The van der Waals surface area contributed by atoms with Crippen molar-refractivity contribution in [1.29, 1.82) is 0 Å². The highest BCUT2D eigenvalue weighted by Crippen LogP contribution is 2.35. The van der Waals surface area contributed by atoms with Gasteiger partial charge in [0.1, 0.15) is 0 Å². The fourth-order valence-corrected chi connectivity index (χ4v) is 3.72. The number of hydrogen-bond acceptors (Lipinski definition) is 5. The van der Waals surface area contributed by atoms with Crippen molar-refractivity contribution in [2.75, 3.05) is 0 Å². The van der Waals surface area contributed by atoms with Gasteiger partial charge in [-0.25, -0.2) is 4.98 Å². The van der Waals surface area contributed by atoms with Crippen molar-refractivity contribution in [3.8, 4) is 0 Å². The zero-order chi connectivity index (χ0) is 16.9. The van der Waals surface area contributed by atoms with Gasteiger partial charge in [-0.1, -0.05) is 50.1 Å². The van der Waals surface area contributed by atoms with Crippen LogP contribution in [0.15, 0.2) is 33.8 Å². The molecule has 0 radical (unpaired) electrons. The van der Waals surface area contributed by atoms with Gasteiger partial charge >= 0.3 is 0 Å². The number of hydrogen-bond donors (Lipinski definition) is 0. The third-order valence-corrected chi connectivity index (χ3v) is 5.10. The monoisotopic (exact) mass is 344 g/mol. The predicted molar refractivity (Wildman–Crippen MR) is 97.2 cm³/mol. The van der Waals surface area contributed by atoms with E-state index in [4.69, 9.17) is 9.40 Å². The van der Waals surface area contributed by atoms with Crippen LogP contribution in [0.25, 0.3) is 11.0 Å². The number of rotatable bonds is 8. The van der Waals surface area contributed by atoms with E-state index in [1.165, 1.54) is 31.2 Å². The van der Waals surface area contributed by atoms with Crippen molar-refractivity contribution in [3.05, 3.63) is 36.0 Å². The van der Waals surface area contributed by atoms with Crippen molar-refractivity contribution in [2.45, 2.75) is 63.4 Å². The molecule has 3 rings (SSSR count). The van der Waals surface area contributed by atoms with E-state index < -0.39 is 0 Å². The molecule has 0 N–H and O–H groups in total. The van der Waals surface area contributed by atoms with Crippen LogP contribution in [0.5, 0.6) is 0 Å². The quantitative estimate of drug-likeness (QED) is 0.417. The van der Waals surface area contributed by atoms with Crippen molar-refractivity contribution >= 4 is 22.8 Å². The van der Waals surface area contributed by atoms with Crippen LogP contribution in [0.3, 0.4) is 0 Å². The zero-order valence-electron chi connectivity index (χ0n) is 14.5. The van der Waals surface area contributed by atoms with Gasteiger partial charge in [0.05, 0.1) is 16.3 Å². The average Bonchev–Trinajstić information content (AvgIpc) is 3.15. The molecule has 0 aliphatic carbocycles. The molecule has 0 aliphatic heterocycles. The lowest BCUT2D eigenvalue weighted by Gasteiger charge is -2.11. The highest BCUT2D eigenvalue weighted by atomic mass is 32.2. The van der Waals surface area contributed by atoms with Gasteiger partial charge in [0.2, 0.25) is 11.8 Å². The van der Waals surface area contributed by atoms with Crippen molar-refractivity contribution < 1.29 is 4.42 Å². The van der Waals surface area contributed by atoms with Gasteiger partial charge in [-0.3, -0.25) is 0 Å². The predicted octanol–water partition coefficient (Wildman–Crippen LogP) is 5.16. The molecule has 6 heteroatoms. The zero-order valence-corrected chi connectivity index (χ0v) is 15.3. The van der Waals surface area contributed by atoms with E-state index in [0.717, 1.165) is 17.2 Å². The summed E-state index contributed by atoms with van der Waals surface area (Å²) in [7, 11) is 0. The largest absolute Gasteiger partial charge is 0.424 e. The number of thioether (sulfide) groups is 1. The van der Waals surface area contributed by atoms with Gasteiger partial charge < -0.3 is 8.98 Å². The number of nitrogens with zero attached hydrogens (tertiary/aromatic N) is 4. The van der Waals surface area contributed by atoms with E-state index in [9.17, 15) is 0 Å². The normalized spacial score (nSPS) is 12.8. The highest BCUT2D eigenvalue weighted by Gasteiger charge is 2.19. The van der Waals surface area contributed by atoms with Gasteiger partial charge in [-0.2, -0.15) is 0 Å². The van der Waals surface area contributed by atoms with E-state index in [2.05, 4.69) is 46.8 Å². The molecular formula is C18H24N4OS. The van der Waals surface area contributed by atoms with Crippen LogP contribution in [-0.4, -0.2) is 19.7 Å². The Balaban J connectivity index is 1.82. The van der Waals surface area contributed by atoms with Crippen LogP contribution in [0, 0.1) is 6.92 Å². The Hall–Kier alpha value is -1.82. The minimum atomic E-state index is 0.0809. The molecule has 2 aromatic heterocycles. The lowest BCUT2D eigenvalue weighted by atomic mass is 10.2. The molecule has 5 nitrogen and oxygen atoms in total. The average molecular weight is 344 g/mol. The number of unbranched alkanes of at least 4 members (excludes halogenated alkanes) is 3. The van der Waals surface area contributed by atoms with Crippen molar-refractivity contribution in [2.24, 2.45) is 0 Å². The maximum atomic E-state index is 5.56. The first kappa shape index (κ1) is 17.0. The summed E-state index contributed by atoms with van der Waals surface area (Å²) in [5.74, 6) is 1.26. The summed E-state index contributed by atoms with van der Waals surface area (Å²) in [6.07, 6.45) is 4.97. The summed E-state index contributed by atoms with van der Waals surface area (Å²) in [6, 6.07) is 8.33. The van der Waals surface area contributed by atoms with E-state index in [0.29, 0.717) is 11.8 Å². The minimum absolute atomic E-state index is 0.0809. The second-order valence-electron chi connectivity index (χ2n) is 6.01. The summed E-state index contributed by atoms with van der Waals surface area (Å²) >= 11 is 1.68. The lowest BCUT2D eigenvalue weighted by molar-refractivity contribution is 0.469. The van der Waals surface area contributed by atoms with Gasteiger partial charge in [-0.15, -0.1) is 10.2 Å². The number of para-hydroxylation sites is 2. The molecule has 0 saturated carbocycles. The van der Waals surface area contributed by atoms with Crippen molar-refractivity contribution in [1.82, 2.24) is 19.7 Å². The van der Waals surface area contributed by atoms with Crippen LogP contribution >= 0.6 is 11.8 Å². The molecule has 0 fully saturated rings. The Bertz CT molecular complexity index is 795. The summed E-state index contributed by atoms with van der Waals surface area (Å²) in [4.78, 5) is 4.82. The second-order valence-corrected chi connectivity index (χ2v) is 7.32. The molecular weight excluding hydrogens is 320 g/mol. The Morgan fingerprint density at radius 2 is 2.00 bits per heavy atom. The molecule has 128 valence electrons. The first-order valence-electron chi connectivity index (χ1n) is 8.61. The highest BCUT2D eigenvalue weighted by molar-refractivity contribution is 7.99. The summed E-state index contributed by atoms with van der Waals surface area (Å²) in [6.45, 7) is 7.13. The van der Waals surface area contributed by atoms with E-state index in [-0.39, 0.29) is 5.25 Å². The molecule has 24 heavy (non-hydrogen) atoms. The van der Waals surface area contributed by atoms with E-state index >= 15 is 0 Å². The SMILES string of the molecule is CCCCCCn1c(SC(C)c2nnc(C)o2)nc2ccccc21. The third-order valence-electron chi connectivity index (χ3n) is 4.03. The van der Waals surface area contributed by atoms with Crippen LogP contribution in [0.1, 0.15) is 56.6 Å². The molecule has 1 aromatic carbocycles. The first-order chi connectivity index (χ1) is 11.7. The summed E-state index contributed by atoms with van der Waals surface area (Å²) in [5, 5.41) is 9.17. The molecule has 0 spiro atoms. The molecule has 0 amide bonds. The van der Waals surface area contributed by atoms with Crippen LogP contribution in [0.2, 0.25) is 0 Å². The molecule has 0 bridgehead atoms. The number of aryl methyl sites for hydroxylation is 2. The van der Waals surface area contributed by atoms with E-state index in [1.807, 2.05) is 13.0 Å². The van der Waals surface area contributed by atoms with Gasteiger partial charge in [-0.05, 0) is 25.5 Å². The minimum Gasteiger partial charge on any atom is -0.424 e. The molecule has 3 aromatic rings. The molecule has 1 atom stereocenters. The smallest absolute Gasteiger partial charge is 0.229 e. The Morgan fingerprint density at radius 1 is 1.17 bits per heavy atom. The van der Waals surface area contributed by atoms with E-state index in [1.54, 1.807) is 11.8 Å². The number of aromatic nitrogens is 4. The van der Waals surface area contributed by atoms with Crippen LogP contribution in [0.4, 0.5) is 0 Å². The maximum Gasteiger partial charge on any atom is 0.229 e. The van der Waals surface area contributed by atoms with Crippen LogP contribution < -0.4 is 0 Å². The Kier molecular flexibility index (Phi) is 5.56. The van der Waals surface area contributed by atoms with Gasteiger partial charge in [0.15, 0.2) is 5.16 Å². The number of imidazole rings is 1. The molecule has 2 heterocycles. The topological polar surface area (TPSA) is 56.7 Å². The maximum absolute atomic E-state index is 5.56. The summed E-state index contributed by atoms with van der Waals surface area (Å²) in [5.41, 5.74) is 2.25. The third kappa shape index (κ3) is 3.80. The number of fused-ring (bicyclic) bond motifs is 1. The molecule has 0 saturated heterocycles. The Morgan fingerprint density at radius 3 is 2.75 bits per heavy atom. The summed E-state index contributed by atoms with van der Waals surface area (Å²) < 4.78 is 7.89. The molecule has 1 unspecified atom stereocenters. The van der Waals surface area contributed by atoms with Gasteiger partial charge in [0, 0.05) is 13.5 Å². The lowest BCUT2D eigenvalue weighted by Crippen LogP contribution is -2.01. The fraction of sp³-hybridized carbons (Fsp3) is 0.500. The first-order valence-corrected chi connectivity index (χ1v) is 9.49. The van der Waals surface area contributed by atoms with Crippen LogP contribution in [-0.2, 0) is 6.54 Å². The standard InChI is InChI=1S/C18H24N4OS/c1-4-5-6-9-12-22-16-11-8-7-10-15(16)19-18(22)24-13(2)17-21-20-14(3)23-17/h7-8,10-11,13H,4-6,9,12H2,1-3H3.